The van der Waals surface area contributed by atoms with E-state index in [1.54, 1.807) is 7.11 Å². The Morgan fingerprint density at radius 1 is 0.893 bits per heavy atom. The monoisotopic (exact) mass is 502 g/mol. The first-order valence-corrected chi connectivity index (χ1v) is 10.9. The van der Waals surface area contributed by atoms with E-state index in [1.807, 2.05) is 6.07 Å². The van der Waals surface area contributed by atoms with Crippen LogP contribution in [0, 0.1) is 6.92 Å². The Balaban J connectivity index is 2.07. The molecule has 0 aliphatic carbocycles. The second kappa shape index (κ2) is 9.15. The van der Waals surface area contributed by atoms with Gasteiger partial charge in [0.2, 0.25) is 0 Å². The molecule has 0 amide bonds. The quantitative estimate of drug-likeness (QED) is 0.339. The third-order valence-electron chi connectivity index (χ3n) is 4.59. The van der Waals surface area contributed by atoms with E-state index in [0.29, 0.717) is 5.92 Å². The zero-order valence-electron chi connectivity index (χ0n) is 16.6. The van der Waals surface area contributed by atoms with Gasteiger partial charge < -0.3 is 9.47 Å². The fourth-order valence-corrected chi connectivity index (χ4v) is 4.85. The lowest BCUT2D eigenvalue weighted by atomic mass is 9.95. The molecule has 0 N–H and O–H groups in total. The van der Waals surface area contributed by atoms with Crippen molar-refractivity contribution in [1.82, 2.24) is 0 Å². The SMILES string of the molecule is COc1c(Cc2ccccc2)cc(Oc2c(Br)cc(C)cc2Br)cc1C(C)C. The van der Waals surface area contributed by atoms with Gasteiger partial charge >= 0.3 is 0 Å². The van der Waals surface area contributed by atoms with Crippen LogP contribution < -0.4 is 9.47 Å². The Labute approximate surface area is 184 Å². The van der Waals surface area contributed by atoms with Gasteiger partial charge in [0.05, 0.1) is 16.1 Å². The Hall–Kier alpha value is -1.78. The highest BCUT2D eigenvalue weighted by molar-refractivity contribution is 9.11. The van der Waals surface area contributed by atoms with E-state index in [0.717, 1.165) is 49.3 Å². The molecular formula is C24H24Br2O2. The van der Waals surface area contributed by atoms with Gasteiger partial charge in [-0.1, -0.05) is 44.2 Å². The molecule has 3 aromatic rings. The van der Waals surface area contributed by atoms with Gasteiger partial charge in [0.25, 0.3) is 0 Å². The van der Waals surface area contributed by atoms with E-state index in [2.05, 4.69) is 101 Å². The van der Waals surface area contributed by atoms with E-state index in [4.69, 9.17) is 9.47 Å². The largest absolute Gasteiger partial charge is 0.496 e. The summed E-state index contributed by atoms with van der Waals surface area (Å²) < 4.78 is 14.0. The van der Waals surface area contributed by atoms with Gasteiger partial charge in [0.15, 0.2) is 5.75 Å². The summed E-state index contributed by atoms with van der Waals surface area (Å²) in [5, 5.41) is 0. The molecule has 0 aliphatic heterocycles. The minimum Gasteiger partial charge on any atom is -0.496 e. The van der Waals surface area contributed by atoms with Crippen molar-refractivity contribution in [3.8, 4) is 17.2 Å². The number of aryl methyl sites for hydroxylation is 1. The second-order valence-electron chi connectivity index (χ2n) is 7.18. The van der Waals surface area contributed by atoms with Crippen LogP contribution in [0.25, 0.3) is 0 Å². The number of halogens is 2. The maximum atomic E-state index is 6.31. The first kappa shape index (κ1) is 20.9. The zero-order chi connectivity index (χ0) is 20.3. The molecule has 0 heterocycles. The lowest BCUT2D eigenvalue weighted by Gasteiger charge is -2.19. The molecule has 0 bridgehead atoms. The fraction of sp³-hybridized carbons (Fsp3) is 0.250. The summed E-state index contributed by atoms with van der Waals surface area (Å²) in [6.45, 7) is 6.40. The van der Waals surface area contributed by atoms with Gasteiger partial charge in [-0.15, -0.1) is 0 Å². The van der Waals surface area contributed by atoms with Crippen LogP contribution in [0.5, 0.6) is 17.2 Å². The van der Waals surface area contributed by atoms with E-state index < -0.39 is 0 Å². The molecule has 0 saturated heterocycles. The molecule has 0 atom stereocenters. The third kappa shape index (κ3) is 4.79. The van der Waals surface area contributed by atoms with Gasteiger partial charge in [-0.2, -0.15) is 0 Å². The molecule has 0 fully saturated rings. The van der Waals surface area contributed by atoms with E-state index in [1.165, 1.54) is 5.56 Å². The lowest BCUT2D eigenvalue weighted by Crippen LogP contribution is -2.02. The average molecular weight is 504 g/mol. The normalized spacial score (nSPS) is 11.0. The van der Waals surface area contributed by atoms with Crippen molar-refractivity contribution < 1.29 is 9.47 Å². The topological polar surface area (TPSA) is 18.5 Å². The molecule has 0 saturated carbocycles. The molecule has 0 radical (unpaired) electrons. The lowest BCUT2D eigenvalue weighted by molar-refractivity contribution is 0.400. The van der Waals surface area contributed by atoms with E-state index in [9.17, 15) is 0 Å². The Kier molecular flexibility index (Phi) is 6.84. The van der Waals surface area contributed by atoms with Gasteiger partial charge in [0.1, 0.15) is 11.5 Å². The molecule has 28 heavy (non-hydrogen) atoms. The minimum absolute atomic E-state index is 0.318. The first-order valence-electron chi connectivity index (χ1n) is 9.27. The maximum Gasteiger partial charge on any atom is 0.155 e. The highest BCUT2D eigenvalue weighted by Crippen LogP contribution is 2.41. The van der Waals surface area contributed by atoms with Crippen LogP contribution >= 0.6 is 31.9 Å². The van der Waals surface area contributed by atoms with Gasteiger partial charge in [0, 0.05) is 17.5 Å². The number of ether oxygens (including phenoxy) is 2. The molecule has 0 aliphatic rings. The number of hydrogen-bond donors (Lipinski definition) is 0. The summed E-state index contributed by atoms with van der Waals surface area (Å²) in [6.07, 6.45) is 0.789. The molecule has 3 rings (SSSR count). The smallest absolute Gasteiger partial charge is 0.155 e. The van der Waals surface area contributed by atoms with Gasteiger partial charge in [-0.05, 0) is 80.1 Å². The number of rotatable bonds is 6. The minimum atomic E-state index is 0.318. The van der Waals surface area contributed by atoms with Crippen LogP contribution in [-0.4, -0.2) is 7.11 Å². The standard InChI is InChI=1S/C24H24Br2O2/c1-15(2)20-14-19(28-24-21(25)10-16(3)11-22(24)26)13-18(23(20)27-4)12-17-8-6-5-7-9-17/h5-11,13-15H,12H2,1-4H3. The predicted octanol–water partition coefficient (Wildman–Crippen LogP) is 8.04. The fourth-order valence-electron chi connectivity index (χ4n) is 3.27. The summed E-state index contributed by atoms with van der Waals surface area (Å²) in [7, 11) is 1.74. The van der Waals surface area contributed by atoms with Crippen molar-refractivity contribution in [1.29, 1.82) is 0 Å². The highest BCUT2D eigenvalue weighted by atomic mass is 79.9. The maximum absolute atomic E-state index is 6.31. The van der Waals surface area contributed by atoms with E-state index in [-0.39, 0.29) is 0 Å². The van der Waals surface area contributed by atoms with Crippen LogP contribution in [0.1, 0.15) is 42.0 Å². The summed E-state index contributed by atoms with van der Waals surface area (Å²) in [5.41, 5.74) is 4.67. The molecule has 4 heteroatoms. The van der Waals surface area contributed by atoms with Crippen molar-refractivity contribution in [3.05, 3.63) is 85.8 Å². The van der Waals surface area contributed by atoms with Crippen LogP contribution in [0.4, 0.5) is 0 Å². The molecule has 3 aromatic carbocycles. The van der Waals surface area contributed by atoms with Crippen molar-refractivity contribution in [2.75, 3.05) is 7.11 Å². The highest BCUT2D eigenvalue weighted by Gasteiger charge is 2.17. The number of methoxy groups -OCH3 is 1. The van der Waals surface area contributed by atoms with Crippen LogP contribution in [-0.2, 0) is 6.42 Å². The average Bonchev–Trinajstić information content (AvgIpc) is 2.65. The molecule has 2 nitrogen and oxygen atoms in total. The number of benzene rings is 3. The van der Waals surface area contributed by atoms with Gasteiger partial charge in [-0.25, -0.2) is 0 Å². The van der Waals surface area contributed by atoms with Crippen LogP contribution in [0.3, 0.4) is 0 Å². The van der Waals surface area contributed by atoms with Crippen molar-refractivity contribution in [2.45, 2.75) is 33.1 Å². The van der Waals surface area contributed by atoms with E-state index >= 15 is 0 Å². The second-order valence-corrected chi connectivity index (χ2v) is 8.89. The number of hydrogen-bond acceptors (Lipinski definition) is 2. The summed E-state index contributed by atoms with van der Waals surface area (Å²) in [5.74, 6) is 2.84. The van der Waals surface area contributed by atoms with Crippen LogP contribution in [0.2, 0.25) is 0 Å². The van der Waals surface area contributed by atoms with Gasteiger partial charge in [-0.3, -0.25) is 0 Å². The van der Waals surface area contributed by atoms with Crippen molar-refractivity contribution in [3.63, 3.8) is 0 Å². The molecule has 0 spiro atoms. The summed E-state index contributed by atoms with van der Waals surface area (Å²) in [6, 6.07) is 18.7. The summed E-state index contributed by atoms with van der Waals surface area (Å²) in [4.78, 5) is 0. The Bertz CT molecular complexity index is 943. The first-order chi connectivity index (χ1) is 13.4. The molecule has 0 unspecified atom stereocenters. The molecule has 0 aromatic heterocycles. The molecule has 146 valence electrons. The van der Waals surface area contributed by atoms with Crippen molar-refractivity contribution in [2.24, 2.45) is 0 Å². The van der Waals surface area contributed by atoms with Crippen LogP contribution in [0.15, 0.2) is 63.5 Å². The predicted molar refractivity (Wildman–Crippen MR) is 123 cm³/mol. The third-order valence-corrected chi connectivity index (χ3v) is 5.77. The Morgan fingerprint density at radius 3 is 2.11 bits per heavy atom. The Morgan fingerprint density at radius 2 is 1.54 bits per heavy atom. The molecular weight excluding hydrogens is 480 g/mol. The zero-order valence-corrected chi connectivity index (χ0v) is 19.7. The van der Waals surface area contributed by atoms with Crippen molar-refractivity contribution >= 4 is 31.9 Å². The summed E-state index contributed by atoms with van der Waals surface area (Å²) >= 11 is 7.25.